The maximum absolute atomic E-state index is 10.2. The van der Waals surface area contributed by atoms with Crippen LogP contribution in [-0.2, 0) is 4.79 Å². The van der Waals surface area contributed by atoms with E-state index in [9.17, 15) is 9.90 Å². The lowest BCUT2D eigenvalue weighted by molar-refractivity contribution is -0.136. The number of carboxylic acid groups (broad SMARTS) is 1. The molecular formula is C9H10O3S. The van der Waals surface area contributed by atoms with Gasteiger partial charge in [-0.2, -0.15) is 0 Å². The summed E-state index contributed by atoms with van der Waals surface area (Å²) in [5.41, 5.74) is 0. The Labute approximate surface area is 80.4 Å². The van der Waals surface area contributed by atoms with Crippen molar-refractivity contribution in [1.82, 2.24) is 0 Å². The highest BCUT2D eigenvalue weighted by atomic mass is 32.2. The minimum Gasteiger partial charge on any atom is -0.507 e. The molecule has 0 saturated heterocycles. The summed E-state index contributed by atoms with van der Waals surface area (Å²) in [6, 6.07) is 6.89. The average molecular weight is 198 g/mol. The van der Waals surface area contributed by atoms with Gasteiger partial charge >= 0.3 is 5.97 Å². The quantitative estimate of drug-likeness (QED) is 0.726. The average Bonchev–Trinajstić information content (AvgIpc) is 2.08. The summed E-state index contributed by atoms with van der Waals surface area (Å²) in [4.78, 5) is 10.9. The van der Waals surface area contributed by atoms with Gasteiger partial charge in [-0.05, 0) is 12.1 Å². The molecule has 0 unspecified atom stereocenters. The van der Waals surface area contributed by atoms with Crippen LogP contribution in [0.25, 0.3) is 0 Å². The number of phenolic OH excluding ortho intramolecular Hbond substituents is 1. The zero-order chi connectivity index (χ0) is 9.68. The number of hydrogen-bond donors (Lipinski definition) is 2. The lowest BCUT2D eigenvalue weighted by atomic mass is 10.3. The number of carbonyl (C=O) groups is 1. The fraction of sp³-hybridized carbons (Fsp3) is 0.222. The van der Waals surface area contributed by atoms with Gasteiger partial charge in [0.15, 0.2) is 0 Å². The molecule has 2 N–H and O–H groups in total. The molecule has 1 aromatic carbocycles. The molecule has 0 atom stereocenters. The second-order valence-corrected chi connectivity index (χ2v) is 3.60. The van der Waals surface area contributed by atoms with Crippen LogP contribution < -0.4 is 0 Å². The number of rotatable bonds is 4. The molecule has 0 saturated carbocycles. The predicted octanol–water partition coefficient (Wildman–Crippen LogP) is 1.96. The van der Waals surface area contributed by atoms with E-state index in [0.717, 1.165) is 4.90 Å². The summed E-state index contributed by atoms with van der Waals surface area (Å²) in [6.45, 7) is 0. The van der Waals surface area contributed by atoms with E-state index < -0.39 is 5.97 Å². The molecular weight excluding hydrogens is 188 g/mol. The lowest BCUT2D eigenvalue weighted by Crippen LogP contribution is -1.95. The second-order valence-electron chi connectivity index (χ2n) is 2.46. The highest BCUT2D eigenvalue weighted by Crippen LogP contribution is 2.27. The standard InChI is InChI=1S/C9H10O3S/c10-7-3-1-2-4-8(7)13-6-5-9(11)12/h1-4,10H,5-6H2,(H,11,12). The van der Waals surface area contributed by atoms with Crippen molar-refractivity contribution in [3.05, 3.63) is 24.3 Å². The number of thioether (sulfide) groups is 1. The Morgan fingerprint density at radius 3 is 2.69 bits per heavy atom. The van der Waals surface area contributed by atoms with Crippen LogP contribution in [0.15, 0.2) is 29.2 Å². The zero-order valence-electron chi connectivity index (χ0n) is 6.93. The minimum atomic E-state index is -0.817. The van der Waals surface area contributed by atoms with E-state index in [1.165, 1.54) is 11.8 Å². The van der Waals surface area contributed by atoms with E-state index >= 15 is 0 Å². The van der Waals surface area contributed by atoms with Gasteiger partial charge in [0, 0.05) is 10.6 Å². The van der Waals surface area contributed by atoms with Crippen molar-refractivity contribution in [2.45, 2.75) is 11.3 Å². The van der Waals surface area contributed by atoms with Gasteiger partial charge in [0.1, 0.15) is 5.75 Å². The van der Waals surface area contributed by atoms with Crippen LogP contribution >= 0.6 is 11.8 Å². The molecule has 1 rings (SSSR count). The number of phenols is 1. The highest BCUT2D eigenvalue weighted by molar-refractivity contribution is 7.99. The SMILES string of the molecule is O=C(O)CCSc1ccccc1O. The summed E-state index contributed by atoms with van der Waals surface area (Å²) < 4.78 is 0. The Kier molecular flexibility index (Phi) is 3.64. The third-order valence-electron chi connectivity index (χ3n) is 1.44. The molecule has 0 bridgehead atoms. The van der Waals surface area contributed by atoms with Crippen molar-refractivity contribution in [1.29, 1.82) is 0 Å². The van der Waals surface area contributed by atoms with Gasteiger partial charge in [-0.1, -0.05) is 12.1 Å². The predicted molar refractivity (Wildman–Crippen MR) is 51.1 cm³/mol. The van der Waals surface area contributed by atoms with Crippen LogP contribution in [0.4, 0.5) is 0 Å². The Balaban J connectivity index is 2.45. The van der Waals surface area contributed by atoms with E-state index in [2.05, 4.69) is 0 Å². The van der Waals surface area contributed by atoms with Crippen molar-refractivity contribution in [2.75, 3.05) is 5.75 Å². The van der Waals surface area contributed by atoms with E-state index in [-0.39, 0.29) is 12.2 Å². The molecule has 0 aliphatic heterocycles. The van der Waals surface area contributed by atoms with Crippen LogP contribution in [0.1, 0.15) is 6.42 Å². The van der Waals surface area contributed by atoms with Crippen molar-refractivity contribution < 1.29 is 15.0 Å². The summed E-state index contributed by atoms with van der Waals surface area (Å²) in [6.07, 6.45) is 0.110. The van der Waals surface area contributed by atoms with Gasteiger partial charge in [0.05, 0.1) is 6.42 Å². The first-order chi connectivity index (χ1) is 6.20. The fourth-order valence-electron chi connectivity index (χ4n) is 0.828. The van der Waals surface area contributed by atoms with Crippen LogP contribution in [0.5, 0.6) is 5.75 Å². The smallest absolute Gasteiger partial charge is 0.304 e. The van der Waals surface area contributed by atoms with E-state index in [4.69, 9.17) is 5.11 Å². The van der Waals surface area contributed by atoms with Crippen molar-refractivity contribution in [2.24, 2.45) is 0 Å². The molecule has 4 heteroatoms. The largest absolute Gasteiger partial charge is 0.507 e. The van der Waals surface area contributed by atoms with Crippen LogP contribution in [0, 0.1) is 0 Å². The number of para-hydroxylation sites is 1. The van der Waals surface area contributed by atoms with Gasteiger partial charge in [-0.15, -0.1) is 11.8 Å². The third kappa shape index (κ3) is 3.38. The molecule has 0 spiro atoms. The molecule has 3 nitrogen and oxygen atoms in total. The third-order valence-corrected chi connectivity index (χ3v) is 2.50. The molecule has 70 valence electrons. The summed E-state index contributed by atoms with van der Waals surface area (Å²) >= 11 is 1.34. The number of hydrogen-bond acceptors (Lipinski definition) is 3. The second kappa shape index (κ2) is 4.77. The molecule has 0 aliphatic carbocycles. The Morgan fingerprint density at radius 1 is 1.38 bits per heavy atom. The molecule has 0 aromatic heterocycles. The topological polar surface area (TPSA) is 57.5 Å². The first-order valence-electron chi connectivity index (χ1n) is 3.83. The summed E-state index contributed by atoms with van der Waals surface area (Å²) in [5.74, 6) is -0.131. The number of aromatic hydroxyl groups is 1. The lowest BCUT2D eigenvalue weighted by Gasteiger charge is -2.01. The number of aliphatic carboxylic acids is 1. The fourth-order valence-corrected chi connectivity index (χ4v) is 1.71. The van der Waals surface area contributed by atoms with Crippen LogP contribution in [0.3, 0.4) is 0 Å². The van der Waals surface area contributed by atoms with Gasteiger partial charge in [0.2, 0.25) is 0 Å². The number of carboxylic acids is 1. The van der Waals surface area contributed by atoms with Crippen LogP contribution in [0.2, 0.25) is 0 Å². The first-order valence-corrected chi connectivity index (χ1v) is 4.81. The molecule has 0 radical (unpaired) electrons. The zero-order valence-corrected chi connectivity index (χ0v) is 7.75. The summed E-state index contributed by atoms with van der Waals surface area (Å²) in [7, 11) is 0. The monoisotopic (exact) mass is 198 g/mol. The maximum atomic E-state index is 10.2. The molecule has 0 fully saturated rings. The summed E-state index contributed by atoms with van der Waals surface area (Å²) in [5, 5.41) is 17.7. The van der Waals surface area contributed by atoms with Crippen molar-refractivity contribution >= 4 is 17.7 Å². The molecule has 0 aliphatic rings. The minimum absolute atomic E-state index is 0.110. The van der Waals surface area contributed by atoms with Gasteiger partial charge in [-0.3, -0.25) is 4.79 Å². The maximum Gasteiger partial charge on any atom is 0.304 e. The van der Waals surface area contributed by atoms with Gasteiger partial charge in [-0.25, -0.2) is 0 Å². The Bertz CT molecular complexity index is 299. The Hall–Kier alpha value is -1.16. The van der Waals surface area contributed by atoms with Crippen LogP contribution in [-0.4, -0.2) is 21.9 Å². The van der Waals surface area contributed by atoms with Gasteiger partial charge < -0.3 is 10.2 Å². The molecule has 13 heavy (non-hydrogen) atoms. The van der Waals surface area contributed by atoms with E-state index in [1.807, 2.05) is 6.07 Å². The molecule has 1 aromatic rings. The normalized spacial score (nSPS) is 9.85. The van der Waals surface area contributed by atoms with Gasteiger partial charge in [0.25, 0.3) is 0 Å². The molecule has 0 amide bonds. The first kappa shape index (κ1) is 9.92. The highest BCUT2D eigenvalue weighted by Gasteiger charge is 2.01. The van der Waals surface area contributed by atoms with E-state index in [0.29, 0.717) is 5.75 Å². The van der Waals surface area contributed by atoms with Crippen molar-refractivity contribution in [3.8, 4) is 5.75 Å². The van der Waals surface area contributed by atoms with E-state index in [1.54, 1.807) is 18.2 Å². The Morgan fingerprint density at radius 2 is 2.08 bits per heavy atom. The molecule has 0 heterocycles. The van der Waals surface area contributed by atoms with Crippen molar-refractivity contribution in [3.63, 3.8) is 0 Å². The number of benzene rings is 1.